The lowest BCUT2D eigenvalue weighted by molar-refractivity contribution is -0.143. The second-order valence-corrected chi connectivity index (χ2v) is 6.13. The fourth-order valence-electron chi connectivity index (χ4n) is 2.86. The second-order valence-electron chi connectivity index (χ2n) is 6.13. The molecule has 7 nitrogen and oxygen atoms in total. The van der Waals surface area contributed by atoms with Crippen LogP contribution in [0.1, 0.15) is 11.1 Å². The summed E-state index contributed by atoms with van der Waals surface area (Å²) in [5.74, 6) is 0.0901. The summed E-state index contributed by atoms with van der Waals surface area (Å²) < 4.78 is 11.4. The number of nitrogens with one attached hydrogen (secondary N) is 1. The van der Waals surface area contributed by atoms with Gasteiger partial charge >= 0.3 is 5.97 Å². The Balaban J connectivity index is 1.40. The molecule has 1 aromatic carbocycles. The van der Waals surface area contributed by atoms with Gasteiger partial charge < -0.3 is 14.6 Å². The number of aromatic nitrogens is 3. The van der Waals surface area contributed by atoms with Gasteiger partial charge in [-0.25, -0.2) is 0 Å². The van der Waals surface area contributed by atoms with E-state index in [9.17, 15) is 4.79 Å². The summed E-state index contributed by atoms with van der Waals surface area (Å²) in [6.45, 7) is 0.579. The maximum absolute atomic E-state index is 11.1. The molecule has 7 heteroatoms. The van der Waals surface area contributed by atoms with Crippen molar-refractivity contribution in [3.63, 3.8) is 0 Å². The first kappa shape index (κ1) is 16.1. The van der Waals surface area contributed by atoms with Gasteiger partial charge in [-0.15, -0.1) is 0 Å². The molecule has 2 aromatic heterocycles. The van der Waals surface area contributed by atoms with Gasteiger partial charge in [-0.1, -0.05) is 12.1 Å². The average Bonchev–Trinajstić information content (AvgIpc) is 3.21. The zero-order valence-corrected chi connectivity index (χ0v) is 13.9. The van der Waals surface area contributed by atoms with Crippen molar-refractivity contribution in [2.45, 2.75) is 13.0 Å². The van der Waals surface area contributed by atoms with E-state index in [1.165, 1.54) is 0 Å². The molecule has 3 heterocycles. The van der Waals surface area contributed by atoms with E-state index < -0.39 is 11.9 Å². The quantitative estimate of drug-likeness (QED) is 0.733. The van der Waals surface area contributed by atoms with Crippen molar-refractivity contribution in [1.82, 2.24) is 15.2 Å². The highest BCUT2D eigenvalue weighted by Gasteiger charge is 2.25. The number of H-pyrrole nitrogens is 1. The molecule has 0 aliphatic carbocycles. The first-order chi connectivity index (χ1) is 12.7. The standard InChI is InChI=1S/C19H17N3O4/c23-19(24)14-8-13-2-1-12(7-18(13)26-11-14)10-25-15-3-4-16(20-9-15)17-5-6-21-22-17/h1-7,9,14H,8,10-11H2,(H,21,22)(H,23,24). The van der Waals surface area contributed by atoms with Crippen LogP contribution >= 0.6 is 0 Å². The van der Waals surface area contributed by atoms with Crippen LogP contribution in [-0.4, -0.2) is 32.9 Å². The number of carboxylic acid groups (broad SMARTS) is 1. The summed E-state index contributed by atoms with van der Waals surface area (Å²) in [6, 6.07) is 11.3. The van der Waals surface area contributed by atoms with Gasteiger partial charge in [0, 0.05) is 6.20 Å². The zero-order valence-electron chi connectivity index (χ0n) is 13.9. The van der Waals surface area contributed by atoms with Crippen molar-refractivity contribution in [3.8, 4) is 22.9 Å². The third-order valence-corrected chi connectivity index (χ3v) is 4.31. The Kier molecular flexibility index (Phi) is 4.27. The van der Waals surface area contributed by atoms with E-state index in [1.54, 1.807) is 12.4 Å². The fourth-order valence-corrected chi connectivity index (χ4v) is 2.86. The number of nitrogens with zero attached hydrogens (tertiary/aromatic N) is 2. The summed E-state index contributed by atoms with van der Waals surface area (Å²) >= 11 is 0. The fraction of sp³-hybridized carbons (Fsp3) is 0.211. The molecular weight excluding hydrogens is 334 g/mol. The van der Waals surface area contributed by atoms with E-state index in [4.69, 9.17) is 14.6 Å². The number of benzene rings is 1. The van der Waals surface area contributed by atoms with Gasteiger partial charge in [-0.3, -0.25) is 14.9 Å². The zero-order chi connectivity index (χ0) is 17.9. The summed E-state index contributed by atoms with van der Waals surface area (Å²) in [5.41, 5.74) is 3.52. The number of carboxylic acids is 1. The molecule has 3 aromatic rings. The Morgan fingerprint density at radius 2 is 2.23 bits per heavy atom. The number of carbonyl (C=O) groups is 1. The number of hydrogen-bond donors (Lipinski definition) is 2. The molecule has 1 aliphatic heterocycles. The van der Waals surface area contributed by atoms with Crippen LogP contribution < -0.4 is 9.47 Å². The van der Waals surface area contributed by atoms with Gasteiger partial charge in [0.05, 0.1) is 23.5 Å². The highest BCUT2D eigenvalue weighted by molar-refractivity contribution is 5.71. The van der Waals surface area contributed by atoms with E-state index in [0.717, 1.165) is 28.3 Å². The molecule has 0 saturated heterocycles. The van der Waals surface area contributed by atoms with Crippen LogP contribution in [0.2, 0.25) is 0 Å². The molecule has 132 valence electrons. The number of pyridine rings is 1. The first-order valence-electron chi connectivity index (χ1n) is 8.25. The van der Waals surface area contributed by atoms with Crippen molar-refractivity contribution in [1.29, 1.82) is 0 Å². The molecule has 0 saturated carbocycles. The molecule has 0 amide bonds. The van der Waals surface area contributed by atoms with Crippen LogP contribution in [0.25, 0.3) is 11.4 Å². The maximum atomic E-state index is 11.1. The Morgan fingerprint density at radius 1 is 1.31 bits per heavy atom. The number of ether oxygens (including phenoxy) is 2. The summed E-state index contributed by atoms with van der Waals surface area (Å²) in [7, 11) is 0. The van der Waals surface area contributed by atoms with Crippen LogP contribution in [0.5, 0.6) is 11.5 Å². The average molecular weight is 351 g/mol. The maximum Gasteiger partial charge on any atom is 0.310 e. The number of fused-ring (bicyclic) bond motifs is 1. The lowest BCUT2D eigenvalue weighted by atomic mass is 9.96. The largest absolute Gasteiger partial charge is 0.492 e. The van der Waals surface area contributed by atoms with Crippen molar-refractivity contribution in [3.05, 3.63) is 59.9 Å². The summed E-state index contributed by atoms with van der Waals surface area (Å²) in [5, 5.41) is 15.9. The molecule has 2 N–H and O–H groups in total. The van der Waals surface area contributed by atoms with Crippen LogP contribution in [-0.2, 0) is 17.8 Å². The minimum atomic E-state index is -0.825. The van der Waals surface area contributed by atoms with Crippen LogP contribution in [0.4, 0.5) is 0 Å². The van der Waals surface area contributed by atoms with Crippen LogP contribution in [0.15, 0.2) is 48.8 Å². The monoisotopic (exact) mass is 351 g/mol. The van der Waals surface area contributed by atoms with Gasteiger partial charge in [0.15, 0.2) is 0 Å². The number of rotatable bonds is 5. The normalized spacial score (nSPS) is 15.8. The lowest BCUT2D eigenvalue weighted by Crippen LogP contribution is -2.27. The topological polar surface area (TPSA) is 97.3 Å². The molecule has 0 radical (unpaired) electrons. The molecule has 1 unspecified atom stereocenters. The minimum absolute atomic E-state index is 0.200. The number of aliphatic carboxylic acids is 1. The van der Waals surface area contributed by atoms with Gasteiger partial charge in [0.2, 0.25) is 0 Å². The molecule has 0 spiro atoms. The second kappa shape index (κ2) is 6.87. The molecular formula is C19H17N3O4. The van der Waals surface area contributed by atoms with Gasteiger partial charge in [0.1, 0.15) is 24.7 Å². The Bertz CT molecular complexity index is 907. The van der Waals surface area contributed by atoms with E-state index in [0.29, 0.717) is 18.8 Å². The molecule has 0 bridgehead atoms. The van der Waals surface area contributed by atoms with E-state index in [-0.39, 0.29) is 6.61 Å². The Hall–Kier alpha value is -3.35. The van der Waals surface area contributed by atoms with Crippen molar-refractivity contribution in [2.24, 2.45) is 5.92 Å². The lowest BCUT2D eigenvalue weighted by Gasteiger charge is -2.23. The highest BCUT2D eigenvalue weighted by atomic mass is 16.5. The number of hydrogen-bond acceptors (Lipinski definition) is 5. The molecule has 1 atom stereocenters. The third kappa shape index (κ3) is 3.37. The van der Waals surface area contributed by atoms with E-state index in [1.807, 2.05) is 36.4 Å². The first-order valence-corrected chi connectivity index (χ1v) is 8.25. The van der Waals surface area contributed by atoms with Crippen molar-refractivity contribution < 1.29 is 19.4 Å². The third-order valence-electron chi connectivity index (χ3n) is 4.31. The number of aromatic amines is 1. The molecule has 1 aliphatic rings. The summed E-state index contributed by atoms with van der Waals surface area (Å²) in [6.07, 6.45) is 3.84. The molecule has 26 heavy (non-hydrogen) atoms. The molecule has 0 fully saturated rings. The predicted molar refractivity (Wildman–Crippen MR) is 92.9 cm³/mol. The SMILES string of the molecule is O=C(O)C1COc2cc(COc3ccc(-c4ccn[nH]4)nc3)ccc2C1. The van der Waals surface area contributed by atoms with Crippen molar-refractivity contribution >= 4 is 5.97 Å². The molecule has 4 rings (SSSR count). The van der Waals surface area contributed by atoms with Crippen LogP contribution in [0.3, 0.4) is 0 Å². The summed E-state index contributed by atoms with van der Waals surface area (Å²) in [4.78, 5) is 15.4. The predicted octanol–water partition coefficient (Wildman–Crippen LogP) is 2.69. The van der Waals surface area contributed by atoms with Gasteiger partial charge in [-0.2, -0.15) is 5.10 Å². The van der Waals surface area contributed by atoms with E-state index in [2.05, 4.69) is 15.2 Å². The van der Waals surface area contributed by atoms with Crippen molar-refractivity contribution in [2.75, 3.05) is 6.61 Å². The van der Waals surface area contributed by atoms with Gasteiger partial charge in [0.25, 0.3) is 0 Å². The minimum Gasteiger partial charge on any atom is -0.492 e. The smallest absolute Gasteiger partial charge is 0.310 e. The van der Waals surface area contributed by atoms with Crippen LogP contribution in [0, 0.1) is 5.92 Å². The Labute approximate surface area is 149 Å². The highest BCUT2D eigenvalue weighted by Crippen LogP contribution is 2.29. The Morgan fingerprint density at radius 3 is 2.96 bits per heavy atom. The van der Waals surface area contributed by atoms with E-state index >= 15 is 0 Å². The van der Waals surface area contributed by atoms with Gasteiger partial charge in [-0.05, 0) is 41.8 Å².